The van der Waals surface area contributed by atoms with E-state index in [-0.39, 0.29) is 5.91 Å². The second kappa shape index (κ2) is 7.93. The highest BCUT2D eigenvalue weighted by Crippen LogP contribution is 2.28. The van der Waals surface area contributed by atoms with Gasteiger partial charge in [-0.1, -0.05) is 12.1 Å². The molecule has 0 bridgehead atoms. The largest absolute Gasteiger partial charge is 0.381 e. The quantitative estimate of drug-likeness (QED) is 0.908. The number of nitrogens with one attached hydrogen (secondary N) is 1. The maximum atomic E-state index is 11.6. The minimum atomic E-state index is -0.0200. The first-order valence-corrected chi connectivity index (χ1v) is 8.85. The number of ether oxygens (including phenoxy) is 1. The number of carbonyl (C=O) groups is 1. The third-order valence-electron chi connectivity index (χ3n) is 5.14. The van der Waals surface area contributed by atoms with Gasteiger partial charge in [-0.25, -0.2) is 0 Å². The molecule has 0 aliphatic carbocycles. The highest BCUT2D eigenvalue weighted by atomic mass is 16.5. The minimum absolute atomic E-state index is 0.0200. The number of nitrogens with zero attached hydrogens (tertiary/aromatic N) is 1. The number of hydrogen-bond acceptors (Lipinski definition) is 3. The van der Waals surface area contributed by atoms with Crippen molar-refractivity contribution in [1.29, 1.82) is 0 Å². The van der Waals surface area contributed by atoms with Crippen molar-refractivity contribution in [2.45, 2.75) is 32.2 Å². The SMILES string of the molecule is CNC(=O)c1ccc(CN2CCCC(CC3CCOC3)C2)cc1. The van der Waals surface area contributed by atoms with Gasteiger partial charge >= 0.3 is 0 Å². The summed E-state index contributed by atoms with van der Waals surface area (Å²) in [7, 11) is 1.67. The Morgan fingerprint density at radius 2 is 2.09 bits per heavy atom. The Morgan fingerprint density at radius 1 is 1.26 bits per heavy atom. The molecule has 1 N–H and O–H groups in total. The molecule has 0 saturated carbocycles. The lowest BCUT2D eigenvalue weighted by molar-refractivity contribution is 0.0963. The van der Waals surface area contributed by atoms with Crippen molar-refractivity contribution in [3.8, 4) is 0 Å². The summed E-state index contributed by atoms with van der Waals surface area (Å²) >= 11 is 0. The highest BCUT2D eigenvalue weighted by Gasteiger charge is 2.25. The molecule has 4 nitrogen and oxygen atoms in total. The zero-order valence-corrected chi connectivity index (χ0v) is 14.1. The third-order valence-corrected chi connectivity index (χ3v) is 5.14. The van der Waals surface area contributed by atoms with Crippen molar-refractivity contribution < 1.29 is 9.53 Å². The number of rotatable bonds is 5. The fourth-order valence-electron chi connectivity index (χ4n) is 3.89. The second-order valence-corrected chi connectivity index (χ2v) is 6.98. The summed E-state index contributed by atoms with van der Waals surface area (Å²) in [6.07, 6.45) is 5.24. The molecule has 1 aromatic rings. The Bertz CT molecular complexity index is 509. The maximum absolute atomic E-state index is 11.6. The number of benzene rings is 1. The van der Waals surface area contributed by atoms with Crippen molar-refractivity contribution >= 4 is 5.91 Å². The van der Waals surface area contributed by atoms with Crippen LogP contribution in [0.25, 0.3) is 0 Å². The van der Waals surface area contributed by atoms with Gasteiger partial charge in [0.05, 0.1) is 0 Å². The van der Waals surface area contributed by atoms with Crippen molar-refractivity contribution in [3.63, 3.8) is 0 Å². The third kappa shape index (κ3) is 4.55. The van der Waals surface area contributed by atoms with Gasteiger partial charge in [0.25, 0.3) is 5.91 Å². The van der Waals surface area contributed by atoms with Crippen LogP contribution in [0.4, 0.5) is 0 Å². The van der Waals surface area contributed by atoms with Crippen LogP contribution in [0, 0.1) is 11.8 Å². The molecule has 2 saturated heterocycles. The van der Waals surface area contributed by atoms with E-state index in [0.717, 1.165) is 37.2 Å². The van der Waals surface area contributed by atoms with E-state index in [1.54, 1.807) is 7.05 Å². The van der Waals surface area contributed by atoms with Crippen molar-refractivity contribution in [3.05, 3.63) is 35.4 Å². The minimum Gasteiger partial charge on any atom is -0.381 e. The smallest absolute Gasteiger partial charge is 0.251 e. The molecule has 1 aromatic carbocycles. The van der Waals surface area contributed by atoms with E-state index in [1.165, 1.54) is 44.3 Å². The Morgan fingerprint density at radius 3 is 2.78 bits per heavy atom. The molecule has 0 radical (unpaired) electrons. The van der Waals surface area contributed by atoms with Crippen LogP contribution in [0.2, 0.25) is 0 Å². The van der Waals surface area contributed by atoms with Gasteiger partial charge in [-0.05, 0) is 61.8 Å². The lowest BCUT2D eigenvalue weighted by Gasteiger charge is -2.33. The lowest BCUT2D eigenvalue weighted by atomic mass is 9.87. The van der Waals surface area contributed by atoms with Crippen LogP contribution >= 0.6 is 0 Å². The molecule has 0 aromatic heterocycles. The second-order valence-electron chi connectivity index (χ2n) is 6.98. The summed E-state index contributed by atoms with van der Waals surface area (Å²) in [5, 5.41) is 2.66. The molecule has 2 heterocycles. The van der Waals surface area contributed by atoms with Crippen LogP contribution < -0.4 is 5.32 Å². The summed E-state index contributed by atoms with van der Waals surface area (Å²) in [5.74, 6) is 1.58. The average molecular weight is 316 g/mol. The van der Waals surface area contributed by atoms with Gasteiger partial charge in [0.15, 0.2) is 0 Å². The van der Waals surface area contributed by atoms with Crippen LogP contribution in [0.5, 0.6) is 0 Å². The number of likely N-dealkylation sites (tertiary alicyclic amines) is 1. The van der Waals surface area contributed by atoms with E-state index < -0.39 is 0 Å². The monoisotopic (exact) mass is 316 g/mol. The van der Waals surface area contributed by atoms with Crippen LogP contribution in [0.3, 0.4) is 0 Å². The molecule has 2 atom stereocenters. The Hall–Kier alpha value is -1.39. The molecule has 2 aliphatic heterocycles. The zero-order chi connectivity index (χ0) is 16.1. The Labute approximate surface area is 139 Å². The van der Waals surface area contributed by atoms with Gasteiger partial charge in [0, 0.05) is 38.9 Å². The maximum Gasteiger partial charge on any atom is 0.251 e. The van der Waals surface area contributed by atoms with Crippen molar-refractivity contribution in [1.82, 2.24) is 10.2 Å². The van der Waals surface area contributed by atoms with Crippen LogP contribution in [-0.2, 0) is 11.3 Å². The summed E-state index contributed by atoms with van der Waals surface area (Å²) in [6.45, 7) is 5.31. The van der Waals surface area contributed by atoms with Gasteiger partial charge in [0.1, 0.15) is 0 Å². The molecule has 2 fully saturated rings. The predicted octanol–water partition coefficient (Wildman–Crippen LogP) is 2.68. The summed E-state index contributed by atoms with van der Waals surface area (Å²) in [4.78, 5) is 14.2. The van der Waals surface area contributed by atoms with Gasteiger partial charge in [-0.3, -0.25) is 9.69 Å². The average Bonchev–Trinajstić information content (AvgIpc) is 3.08. The number of hydrogen-bond donors (Lipinski definition) is 1. The van der Waals surface area contributed by atoms with E-state index in [0.29, 0.717) is 0 Å². The van der Waals surface area contributed by atoms with E-state index >= 15 is 0 Å². The predicted molar refractivity (Wildman–Crippen MR) is 91.4 cm³/mol. The molecule has 0 spiro atoms. The molecule has 4 heteroatoms. The first kappa shape index (κ1) is 16.5. The normalized spacial score (nSPS) is 25.4. The summed E-state index contributed by atoms with van der Waals surface area (Å²) in [6, 6.07) is 8.01. The Balaban J connectivity index is 1.51. The van der Waals surface area contributed by atoms with Crippen molar-refractivity contribution in [2.24, 2.45) is 11.8 Å². The van der Waals surface area contributed by atoms with Crippen LogP contribution in [-0.4, -0.2) is 44.2 Å². The van der Waals surface area contributed by atoms with Crippen LogP contribution in [0.1, 0.15) is 41.6 Å². The Kier molecular flexibility index (Phi) is 5.68. The standard InChI is InChI=1S/C19H28N2O2/c1-20-19(22)18-6-4-15(5-7-18)12-21-9-2-3-16(13-21)11-17-8-10-23-14-17/h4-7,16-17H,2-3,8-14H2,1H3,(H,20,22). The van der Waals surface area contributed by atoms with E-state index in [2.05, 4.69) is 22.3 Å². The molecule has 1 amide bonds. The van der Waals surface area contributed by atoms with Crippen LogP contribution in [0.15, 0.2) is 24.3 Å². The van der Waals surface area contributed by atoms with E-state index in [9.17, 15) is 4.79 Å². The fraction of sp³-hybridized carbons (Fsp3) is 0.632. The topological polar surface area (TPSA) is 41.6 Å². The van der Waals surface area contributed by atoms with Gasteiger partial charge in [-0.2, -0.15) is 0 Å². The first-order valence-electron chi connectivity index (χ1n) is 8.85. The molecule has 3 rings (SSSR count). The fourth-order valence-corrected chi connectivity index (χ4v) is 3.89. The highest BCUT2D eigenvalue weighted by molar-refractivity contribution is 5.93. The van der Waals surface area contributed by atoms with E-state index in [4.69, 9.17) is 4.74 Å². The van der Waals surface area contributed by atoms with Crippen molar-refractivity contribution in [2.75, 3.05) is 33.4 Å². The summed E-state index contributed by atoms with van der Waals surface area (Å²) in [5.41, 5.74) is 2.02. The molecule has 2 aliphatic rings. The number of piperidine rings is 1. The van der Waals surface area contributed by atoms with Gasteiger partial charge in [0.2, 0.25) is 0 Å². The molecule has 2 unspecified atom stereocenters. The summed E-state index contributed by atoms with van der Waals surface area (Å²) < 4.78 is 5.51. The van der Waals surface area contributed by atoms with E-state index in [1.807, 2.05) is 12.1 Å². The zero-order valence-electron chi connectivity index (χ0n) is 14.1. The molecular formula is C19H28N2O2. The molecular weight excluding hydrogens is 288 g/mol. The number of amides is 1. The first-order chi connectivity index (χ1) is 11.2. The molecule has 126 valence electrons. The molecule has 23 heavy (non-hydrogen) atoms. The number of carbonyl (C=O) groups excluding carboxylic acids is 1. The van der Waals surface area contributed by atoms with Gasteiger partial charge in [-0.15, -0.1) is 0 Å². The van der Waals surface area contributed by atoms with Gasteiger partial charge < -0.3 is 10.1 Å². The lowest BCUT2D eigenvalue weighted by Crippen LogP contribution is -2.35.